The predicted octanol–water partition coefficient (Wildman–Crippen LogP) is 7.32. The number of carbonyl (C=O) groups is 2. The Morgan fingerprint density at radius 3 is 2.05 bits per heavy atom. The maximum absolute atomic E-state index is 13.8. The van der Waals surface area contributed by atoms with E-state index < -0.39 is 17.9 Å². The summed E-state index contributed by atoms with van der Waals surface area (Å²) in [4.78, 5) is 46.0. The van der Waals surface area contributed by atoms with Crippen molar-refractivity contribution in [1.29, 1.82) is 0 Å². The third-order valence-corrected chi connectivity index (χ3v) is 9.79. The van der Waals surface area contributed by atoms with E-state index in [1.165, 1.54) is 7.11 Å². The molecule has 1 aliphatic rings. The van der Waals surface area contributed by atoms with Crippen molar-refractivity contribution in [2.24, 2.45) is 0 Å². The van der Waals surface area contributed by atoms with Crippen LogP contribution in [0.15, 0.2) is 103 Å². The number of hydrogen-bond donors (Lipinski definition) is 3. The summed E-state index contributed by atoms with van der Waals surface area (Å²) in [6.07, 6.45) is 3.75. The van der Waals surface area contributed by atoms with Crippen molar-refractivity contribution in [3.05, 3.63) is 121 Å². The first-order chi connectivity index (χ1) is 26.7. The molecule has 7 rings (SSSR count). The van der Waals surface area contributed by atoms with Gasteiger partial charge in [-0.25, -0.2) is 14.8 Å². The summed E-state index contributed by atoms with van der Waals surface area (Å²) in [5.74, 6) is 0.729. The fourth-order valence-corrected chi connectivity index (χ4v) is 7.07. The van der Waals surface area contributed by atoms with E-state index in [1.54, 1.807) is 11.1 Å². The molecule has 0 bridgehead atoms. The Labute approximate surface area is 320 Å². The van der Waals surface area contributed by atoms with Crippen molar-refractivity contribution in [2.45, 2.75) is 45.2 Å². The van der Waals surface area contributed by atoms with Crippen LogP contribution in [-0.4, -0.2) is 88.0 Å². The number of imidazole rings is 2. The van der Waals surface area contributed by atoms with Crippen LogP contribution < -0.4 is 5.32 Å². The summed E-state index contributed by atoms with van der Waals surface area (Å²) >= 11 is 0. The molecule has 1 saturated heterocycles. The molecule has 0 aliphatic carbocycles. The van der Waals surface area contributed by atoms with Crippen molar-refractivity contribution in [3.63, 3.8) is 0 Å². The number of hydrogen-bond acceptors (Lipinski definition) is 8. The number of H-pyrrole nitrogens is 2. The van der Waals surface area contributed by atoms with Gasteiger partial charge in [0.1, 0.15) is 17.7 Å². The highest BCUT2D eigenvalue weighted by molar-refractivity contribution is 5.91. The number of alkyl carbamates (subject to hydrolysis) is 1. The Hall–Kier alpha value is -5.82. The second-order valence-electron chi connectivity index (χ2n) is 14.1. The molecule has 1 fully saturated rings. The Morgan fingerprint density at radius 1 is 0.818 bits per heavy atom. The standard InChI is InChI=1S/C43H47N7O5/c1-5-19-50(41(51)40(48-42(52)53-4)31-9-7-6-8-10-31)27-39-45-25-37(47-39)35-18-17-33-22-32(15-16-34(33)23-35)29-11-13-30(14-12-29)36-24-44-38(46-36)26-49(3)28-43(2)54-20-21-55-43/h6-18,22-25,40H,5,19-21,26-28H2,1-4H3,(H,44,46)(H,45,47)(H,48,52). The fourth-order valence-electron chi connectivity index (χ4n) is 7.07. The molecule has 3 N–H and O–H groups in total. The van der Waals surface area contributed by atoms with E-state index in [4.69, 9.17) is 14.2 Å². The molecule has 12 nitrogen and oxygen atoms in total. The van der Waals surface area contributed by atoms with Crippen LogP contribution in [0.2, 0.25) is 0 Å². The van der Waals surface area contributed by atoms with Gasteiger partial charge in [-0.2, -0.15) is 0 Å². The van der Waals surface area contributed by atoms with Crippen molar-refractivity contribution >= 4 is 22.8 Å². The average Bonchev–Trinajstić information content (AvgIpc) is 3.98. The van der Waals surface area contributed by atoms with Gasteiger partial charge in [0.05, 0.1) is 63.7 Å². The molecule has 0 radical (unpaired) electrons. The number of carbonyl (C=O) groups excluding carboxylic acids is 2. The summed E-state index contributed by atoms with van der Waals surface area (Å²) in [5.41, 5.74) is 6.82. The number of ether oxygens (including phenoxy) is 3. The number of nitrogens with one attached hydrogen (secondary N) is 3. The number of amides is 2. The van der Waals surface area contributed by atoms with Gasteiger partial charge in [-0.1, -0.05) is 85.8 Å². The van der Waals surface area contributed by atoms with Crippen LogP contribution >= 0.6 is 0 Å². The van der Waals surface area contributed by atoms with Crippen LogP contribution in [0.25, 0.3) is 44.4 Å². The fraction of sp³-hybridized carbons (Fsp3) is 0.302. The Balaban J connectivity index is 1.01. The molecule has 2 amide bonds. The predicted molar refractivity (Wildman–Crippen MR) is 212 cm³/mol. The molecule has 3 heterocycles. The lowest BCUT2D eigenvalue weighted by Gasteiger charge is -2.27. The van der Waals surface area contributed by atoms with Gasteiger partial charge in [0, 0.05) is 12.1 Å². The van der Waals surface area contributed by atoms with Crippen LogP contribution in [0.3, 0.4) is 0 Å². The van der Waals surface area contributed by atoms with Gasteiger partial charge in [-0.3, -0.25) is 9.69 Å². The zero-order chi connectivity index (χ0) is 38.4. The van der Waals surface area contributed by atoms with Crippen LogP contribution in [-0.2, 0) is 32.1 Å². The zero-order valence-corrected chi connectivity index (χ0v) is 31.7. The summed E-state index contributed by atoms with van der Waals surface area (Å²) in [6.45, 7) is 7.32. The van der Waals surface area contributed by atoms with Gasteiger partial charge in [-0.15, -0.1) is 0 Å². The van der Waals surface area contributed by atoms with E-state index in [-0.39, 0.29) is 12.5 Å². The lowest BCUT2D eigenvalue weighted by atomic mass is 9.98. The number of rotatable bonds is 14. The first kappa shape index (κ1) is 37.5. The largest absolute Gasteiger partial charge is 0.453 e. The third kappa shape index (κ3) is 8.94. The number of fused-ring (bicyclic) bond motifs is 1. The molecule has 2 aromatic heterocycles. The van der Waals surface area contributed by atoms with Gasteiger partial charge in [0.15, 0.2) is 5.79 Å². The van der Waals surface area contributed by atoms with Crippen molar-refractivity contribution in [2.75, 3.05) is 40.5 Å². The number of aromatic nitrogens is 4. The Morgan fingerprint density at radius 2 is 1.40 bits per heavy atom. The van der Waals surface area contributed by atoms with Crippen LogP contribution in [0.5, 0.6) is 0 Å². The molecule has 12 heteroatoms. The first-order valence-corrected chi connectivity index (χ1v) is 18.6. The summed E-state index contributed by atoms with van der Waals surface area (Å²) in [5, 5.41) is 4.93. The van der Waals surface area contributed by atoms with E-state index in [0.717, 1.165) is 56.7 Å². The Kier molecular flexibility index (Phi) is 11.4. The zero-order valence-electron chi connectivity index (χ0n) is 31.7. The molecule has 4 aromatic carbocycles. The van der Waals surface area contributed by atoms with Crippen LogP contribution in [0.1, 0.15) is 43.5 Å². The third-order valence-electron chi connectivity index (χ3n) is 9.79. The Bertz CT molecular complexity index is 2230. The van der Waals surface area contributed by atoms with Gasteiger partial charge in [0.2, 0.25) is 5.91 Å². The summed E-state index contributed by atoms with van der Waals surface area (Å²) in [7, 11) is 3.32. The topological polar surface area (TPSA) is 138 Å². The molecule has 1 aliphatic heterocycles. The second kappa shape index (κ2) is 16.7. The maximum atomic E-state index is 13.8. The number of methoxy groups -OCH3 is 1. The molecular weight excluding hydrogens is 695 g/mol. The lowest BCUT2D eigenvalue weighted by molar-refractivity contribution is -0.154. The SMILES string of the molecule is CCCN(Cc1ncc(-c2ccc3cc(-c4ccc(-c5cnc(CN(C)CC6(C)OCCO6)[nH]5)cc4)ccc3c2)[nH]1)C(=O)C(NC(=O)OC)c1ccccc1. The number of likely N-dealkylation sites (N-methyl/N-ethyl adjacent to an activating group) is 1. The van der Waals surface area contributed by atoms with E-state index >= 15 is 0 Å². The number of aromatic amines is 2. The van der Waals surface area contributed by atoms with Crippen molar-refractivity contribution < 1.29 is 23.8 Å². The monoisotopic (exact) mass is 741 g/mol. The smallest absolute Gasteiger partial charge is 0.407 e. The van der Waals surface area contributed by atoms with E-state index in [0.29, 0.717) is 44.2 Å². The molecule has 0 spiro atoms. The summed E-state index contributed by atoms with van der Waals surface area (Å²) in [6, 6.07) is 29.6. The van der Waals surface area contributed by atoms with Crippen molar-refractivity contribution in [3.8, 4) is 33.6 Å². The van der Waals surface area contributed by atoms with Crippen LogP contribution in [0.4, 0.5) is 4.79 Å². The molecule has 1 unspecified atom stereocenters. The maximum Gasteiger partial charge on any atom is 0.407 e. The van der Waals surface area contributed by atoms with Gasteiger partial charge < -0.3 is 34.4 Å². The molecule has 0 saturated carbocycles. The molecule has 284 valence electrons. The van der Waals surface area contributed by atoms with E-state index in [1.807, 2.05) is 57.4 Å². The number of benzene rings is 4. The van der Waals surface area contributed by atoms with Gasteiger partial charge >= 0.3 is 6.09 Å². The second-order valence-corrected chi connectivity index (χ2v) is 14.1. The molecule has 6 aromatic rings. The molecular formula is C43H47N7O5. The van der Waals surface area contributed by atoms with Gasteiger partial charge in [0.25, 0.3) is 0 Å². The minimum atomic E-state index is -0.887. The summed E-state index contributed by atoms with van der Waals surface area (Å²) < 4.78 is 16.3. The normalized spacial score (nSPS) is 14.3. The first-order valence-electron chi connectivity index (χ1n) is 18.6. The average molecular weight is 742 g/mol. The number of nitrogens with zero attached hydrogens (tertiary/aromatic N) is 4. The van der Waals surface area contributed by atoms with Crippen molar-refractivity contribution in [1.82, 2.24) is 35.1 Å². The minimum Gasteiger partial charge on any atom is -0.453 e. The van der Waals surface area contributed by atoms with Crippen LogP contribution in [0, 0.1) is 0 Å². The highest BCUT2D eigenvalue weighted by Gasteiger charge is 2.32. The minimum absolute atomic E-state index is 0.238. The molecule has 1 atom stereocenters. The lowest BCUT2D eigenvalue weighted by Crippen LogP contribution is -2.43. The molecule has 55 heavy (non-hydrogen) atoms. The highest BCUT2D eigenvalue weighted by Crippen LogP contribution is 2.30. The van der Waals surface area contributed by atoms with Gasteiger partial charge in [-0.05, 0) is 65.6 Å². The highest BCUT2D eigenvalue weighted by atomic mass is 16.7. The van der Waals surface area contributed by atoms with E-state index in [2.05, 4.69) is 90.8 Å². The van der Waals surface area contributed by atoms with E-state index in [9.17, 15) is 9.59 Å². The quantitative estimate of drug-likeness (QED) is 0.106.